The van der Waals surface area contributed by atoms with Crippen molar-refractivity contribution in [3.8, 4) is 5.88 Å². The third-order valence-corrected chi connectivity index (χ3v) is 3.02. The highest BCUT2D eigenvalue weighted by Gasteiger charge is 2.14. The number of hydrogen-bond donors (Lipinski definition) is 1. The van der Waals surface area contributed by atoms with Gasteiger partial charge in [-0.1, -0.05) is 12.5 Å². The fraction of sp³-hybridized carbons (Fsp3) is 0.615. The highest BCUT2D eigenvalue weighted by molar-refractivity contribution is 5.17. The molecule has 3 nitrogen and oxygen atoms in total. The van der Waals surface area contributed by atoms with Gasteiger partial charge in [0.25, 0.3) is 0 Å². The minimum Gasteiger partial charge on any atom is -0.474 e. The van der Waals surface area contributed by atoms with Crippen LogP contribution in [-0.2, 0) is 6.54 Å². The van der Waals surface area contributed by atoms with Gasteiger partial charge in [-0.2, -0.15) is 0 Å². The Hall–Kier alpha value is -1.09. The number of hydrogen-bond acceptors (Lipinski definition) is 3. The maximum atomic E-state index is 5.86. The molecule has 88 valence electrons. The normalized spacial score (nSPS) is 17.3. The fourth-order valence-electron chi connectivity index (χ4n) is 2.14. The minimum atomic E-state index is 0.386. The number of nitrogens with one attached hydrogen (secondary N) is 1. The molecule has 0 saturated heterocycles. The first-order valence-electron chi connectivity index (χ1n) is 6.14. The Kier molecular flexibility index (Phi) is 4.17. The predicted molar refractivity (Wildman–Crippen MR) is 64.5 cm³/mol. The molecule has 0 unspecified atom stereocenters. The van der Waals surface area contributed by atoms with Crippen LogP contribution in [0.3, 0.4) is 0 Å². The Morgan fingerprint density at radius 3 is 2.75 bits per heavy atom. The third kappa shape index (κ3) is 3.20. The van der Waals surface area contributed by atoms with Crippen molar-refractivity contribution in [1.82, 2.24) is 10.3 Å². The second kappa shape index (κ2) is 5.85. The first kappa shape index (κ1) is 11.4. The molecule has 1 aromatic rings. The van der Waals surface area contributed by atoms with Gasteiger partial charge in [-0.15, -0.1) is 0 Å². The Bertz CT molecular complexity index is 304. The molecule has 1 aliphatic carbocycles. The van der Waals surface area contributed by atoms with Crippen LogP contribution in [-0.4, -0.2) is 18.1 Å². The highest BCUT2D eigenvalue weighted by atomic mass is 16.5. The SMILES string of the molecule is CNCc1ccc(OC2CCCCC2)nc1. The van der Waals surface area contributed by atoms with Crippen LogP contribution in [0.25, 0.3) is 0 Å². The molecule has 0 radical (unpaired) electrons. The molecule has 0 aliphatic heterocycles. The van der Waals surface area contributed by atoms with Crippen LogP contribution < -0.4 is 10.1 Å². The summed E-state index contributed by atoms with van der Waals surface area (Å²) in [6.45, 7) is 0.858. The van der Waals surface area contributed by atoms with Gasteiger partial charge >= 0.3 is 0 Å². The average Bonchev–Trinajstić information content (AvgIpc) is 2.33. The van der Waals surface area contributed by atoms with E-state index in [1.807, 2.05) is 19.3 Å². The largest absolute Gasteiger partial charge is 0.474 e. The van der Waals surface area contributed by atoms with Crippen LogP contribution in [0, 0.1) is 0 Å². The molecular weight excluding hydrogens is 200 g/mol. The van der Waals surface area contributed by atoms with Crippen LogP contribution in [0.2, 0.25) is 0 Å². The summed E-state index contributed by atoms with van der Waals surface area (Å²) in [6, 6.07) is 4.04. The molecule has 1 N–H and O–H groups in total. The summed E-state index contributed by atoms with van der Waals surface area (Å²) in [7, 11) is 1.94. The van der Waals surface area contributed by atoms with E-state index < -0.39 is 0 Å². The van der Waals surface area contributed by atoms with Gasteiger partial charge in [0.05, 0.1) is 0 Å². The van der Waals surface area contributed by atoms with Gasteiger partial charge in [-0.25, -0.2) is 4.98 Å². The van der Waals surface area contributed by atoms with Crippen LogP contribution in [0.4, 0.5) is 0 Å². The Balaban J connectivity index is 1.88. The maximum Gasteiger partial charge on any atom is 0.213 e. The Morgan fingerprint density at radius 1 is 1.31 bits per heavy atom. The molecule has 0 bridgehead atoms. The second-order valence-electron chi connectivity index (χ2n) is 4.41. The summed E-state index contributed by atoms with van der Waals surface area (Å²) in [5.74, 6) is 0.770. The zero-order valence-electron chi connectivity index (χ0n) is 9.91. The zero-order valence-corrected chi connectivity index (χ0v) is 9.91. The average molecular weight is 220 g/mol. The first-order valence-corrected chi connectivity index (χ1v) is 6.14. The summed E-state index contributed by atoms with van der Waals surface area (Å²) in [6.07, 6.45) is 8.57. The quantitative estimate of drug-likeness (QED) is 0.846. The van der Waals surface area contributed by atoms with E-state index in [0.29, 0.717) is 6.10 Å². The maximum absolute atomic E-state index is 5.86. The van der Waals surface area contributed by atoms with Gasteiger partial charge in [0.15, 0.2) is 0 Å². The molecule has 2 rings (SSSR count). The van der Waals surface area contributed by atoms with Crippen molar-refractivity contribution in [3.63, 3.8) is 0 Å². The van der Waals surface area contributed by atoms with Crippen molar-refractivity contribution < 1.29 is 4.74 Å². The van der Waals surface area contributed by atoms with E-state index in [-0.39, 0.29) is 0 Å². The lowest BCUT2D eigenvalue weighted by Crippen LogP contribution is -2.20. The topological polar surface area (TPSA) is 34.1 Å². The van der Waals surface area contributed by atoms with Gasteiger partial charge < -0.3 is 10.1 Å². The molecule has 1 aromatic heterocycles. The molecule has 1 fully saturated rings. The lowest BCUT2D eigenvalue weighted by Gasteiger charge is -2.22. The van der Waals surface area contributed by atoms with Crippen LogP contribution in [0.1, 0.15) is 37.7 Å². The molecule has 3 heteroatoms. The van der Waals surface area contributed by atoms with E-state index in [1.54, 1.807) is 0 Å². The molecule has 1 heterocycles. The summed E-state index contributed by atoms with van der Waals surface area (Å²) < 4.78 is 5.86. The molecule has 1 aliphatic rings. The first-order chi connectivity index (χ1) is 7.88. The summed E-state index contributed by atoms with van der Waals surface area (Å²) in [4.78, 5) is 4.33. The zero-order chi connectivity index (χ0) is 11.2. The Morgan fingerprint density at radius 2 is 2.12 bits per heavy atom. The van der Waals surface area contributed by atoms with E-state index in [4.69, 9.17) is 4.74 Å². The standard InChI is InChI=1S/C13H20N2O/c1-14-9-11-7-8-13(15-10-11)16-12-5-3-2-4-6-12/h7-8,10,12,14H,2-6,9H2,1H3. The monoisotopic (exact) mass is 220 g/mol. The molecule has 0 aromatic carbocycles. The van der Waals surface area contributed by atoms with Crippen molar-refractivity contribution in [1.29, 1.82) is 0 Å². The van der Waals surface area contributed by atoms with Gasteiger partial charge in [0, 0.05) is 18.8 Å². The second-order valence-corrected chi connectivity index (χ2v) is 4.41. The van der Waals surface area contributed by atoms with Gasteiger partial charge in [0.1, 0.15) is 6.10 Å². The van der Waals surface area contributed by atoms with Crippen molar-refractivity contribution >= 4 is 0 Å². The van der Waals surface area contributed by atoms with Gasteiger partial charge in [-0.3, -0.25) is 0 Å². The summed E-state index contributed by atoms with van der Waals surface area (Å²) >= 11 is 0. The molecular formula is C13H20N2O. The molecule has 0 amide bonds. The number of rotatable bonds is 4. The lowest BCUT2D eigenvalue weighted by molar-refractivity contribution is 0.148. The molecule has 16 heavy (non-hydrogen) atoms. The molecule has 0 atom stereocenters. The third-order valence-electron chi connectivity index (χ3n) is 3.02. The minimum absolute atomic E-state index is 0.386. The summed E-state index contributed by atoms with van der Waals surface area (Å²) in [5.41, 5.74) is 1.19. The van der Waals surface area contributed by atoms with Crippen molar-refractivity contribution in [2.75, 3.05) is 7.05 Å². The van der Waals surface area contributed by atoms with Crippen LogP contribution in [0.5, 0.6) is 5.88 Å². The predicted octanol–water partition coefficient (Wildman–Crippen LogP) is 2.51. The van der Waals surface area contributed by atoms with E-state index in [0.717, 1.165) is 12.4 Å². The summed E-state index contributed by atoms with van der Waals surface area (Å²) in [5, 5.41) is 3.10. The number of ether oxygens (including phenoxy) is 1. The van der Waals surface area contributed by atoms with Crippen LogP contribution in [0.15, 0.2) is 18.3 Å². The molecule has 0 spiro atoms. The Labute approximate surface area is 97.2 Å². The fourth-order valence-corrected chi connectivity index (χ4v) is 2.14. The van der Waals surface area contributed by atoms with E-state index in [2.05, 4.69) is 16.4 Å². The van der Waals surface area contributed by atoms with E-state index in [9.17, 15) is 0 Å². The van der Waals surface area contributed by atoms with Crippen LogP contribution >= 0.6 is 0 Å². The van der Waals surface area contributed by atoms with E-state index in [1.165, 1.54) is 37.7 Å². The smallest absolute Gasteiger partial charge is 0.213 e. The van der Waals surface area contributed by atoms with Crippen molar-refractivity contribution in [2.24, 2.45) is 0 Å². The number of pyridine rings is 1. The van der Waals surface area contributed by atoms with Crippen molar-refractivity contribution in [3.05, 3.63) is 23.9 Å². The number of nitrogens with zero attached hydrogens (tertiary/aromatic N) is 1. The van der Waals surface area contributed by atoms with Crippen molar-refractivity contribution in [2.45, 2.75) is 44.8 Å². The number of aromatic nitrogens is 1. The highest BCUT2D eigenvalue weighted by Crippen LogP contribution is 2.22. The van der Waals surface area contributed by atoms with Gasteiger partial charge in [-0.05, 0) is 38.3 Å². The molecule has 1 saturated carbocycles. The van der Waals surface area contributed by atoms with Gasteiger partial charge in [0.2, 0.25) is 5.88 Å². The lowest BCUT2D eigenvalue weighted by atomic mass is 9.98. The van der Waals surface area contributed by atoms with E-state index >= 15 is 0 Å².